The second-order valence-corrected chi connectivity index (χ2v) is 7.79. The zero-order valence-corrected chi connectivity index (χ0v) is 18.0. The number of amides is 2. The van der Waals surface area contributed by atoms with Gasteiger partial charge in [-0.2, -0.15) is 0 Å². The Morgan fingerprint density at radius 1 is 0.969 bits per heavy atom. The molecule has 0 radical (unpaired) electrons. The first-order chi connectivity index (χ1) is 15.6. The number of nitrogens with one attached hydrogen (secondary N) is 2. The van der Waals surface area contributed by atoms with Gasteiger partial charge in [0.2, 0.25) is 5.91 Å². The minimum Gasteiger partial charge on any atom is -0.497 e. The van der Waals surface area contributed by atoms with Crippen LogP contribution < -0.4 is 20.1 Å². The van der Waals surface area contributed by atoms with Crippen LogP contribution in [0.4, 0.5) is 0 Å². The molecule has 2 amide bonds. The zero-order valence-electron chi connectivity index (χ0n) is 18.0. The van der Waals surface area contributed by atoms with E-state index in [1.807, 2.05) is 60.7 Å². The third-order valence-corrected chi connectivity index (χ3v) is 5.44. The van der Waals surface area contributed by atoms with E-state index in [1.165, 1.54) is 0 Å². The molecule has 0 bridgehead atoms. The summed E-state index contributed by atoms with van der Waals surface area (Å²) in [6.07, 6.45) is 1.05. The highest BCUT2D eigenvalue weighted by Gasteiger charge is 2.21. The van der Waals surface area contributed by atoms with E-state index in [4.69, 9.17) is 9.47 Å². The molecule has 4 rings (SSSR count). The normalized spacial score (nSPS) is 14.6. The summed E-state index contributed by atoms with van der Waals surface area (Å²) in [6, 6.07) is 22.5. The second kappa shape index (κ2) is 10.0. The number of methoxy groups -OCH3 is 1. The first-order valence-electron chi connectivity index (χ1n) is 10.6. The van der Waals surface area contributed by atoms with E-state index in [1.54, 1.807) is 19.2 Å². The molecule has 0 aromatic heterocycles. The van der Waals surface area contributed by atoms with Crippen molar-refractivity contribution in [1.29, 1.82) is 0 Å². The highest BCUT2D eigenvalue weighted by Crippen LogP contribution is 2.24. The molecule has 32 heavy (non-hydrogen) atoms. The Kier molecular flexibility index (Phi) is 6.70. The molecule has 0 spiro atoms. The lowest BCUT2D eigenvalue weighted by atomic mass is 10.0. The molecule has 1 aliphatic rings. The third kappa shape index (κ3) is 5.46. The largest absolute Gasteiger partial charge is 0.497 e. The molecule has 0 aliphatic carbocycles. The van der Waals surface area contributed by atoms with E-state index in [0.29, 0.717) is 25.1 Å². The molecule has 6 nitrogen and oxygen atoms in total. The second-order valence-electron chi connectivity index (χ2n) is 7.79. The van der Waals surface area contributed by atoms with Crippen LogP contribution in [0.15, 0.2) is 72.8 Å². The average molecular weight is 431 g/mol. The Hall–Kier alpha value is -3.80. The van der Waals surface area contributed by atoms with Crippen molar-refractivity contribution in [3.63, 3.8) is 0 Å². The fourth-order valence-corrected chi connectivity index (χ4v) is 3.66. The van der Waals surface area contributed by atoms with Crippen molar-refractivity contribution in [3.8, 4) is 11.5 Å². The number of hydrogen-bond acceptors (Lipinski definition) is 4. The van der Waals surface area contributed by atoms with Crippen molar-refractivity contribution in [2.24, 2.45) is 0 Å². The van der Waals surface area contributed by atoms with Gasteiger partial charge in [-0.15, -0.1) is 0 Å². The molecular weight excluding hydrogens is 404 g/mol. The molecule has 6 heteroatoms. The van der Waals surface area contributed by atoms with Gasteiger partial charge in [-0.05, 0) is 53.4 Å². The highest BCUT2D eigenvalue weighted by atomic mass is 16.5. The van der Waals surface area contributed by atoms with Crippen LogP contribution in [-0.2, 0) is 24.2 Å². The molecule has 2 N–H and O–H groups in total. The summed E-state index contributed by atoms with van der Waals surface area (Å²) in [4.78, 5) is 24.8. The number of carbonyl (C=O) groups excluding carboxylic acids is 2. The number of ether oxygens (including phenoxy) is 2. The van der Waals surface area contributed by atoms with E-state index in [2.05, 4.69) is 10.6 Å². The van der Waals surface area contributed by atoms with E-state index < -0.39 is 0 Å². The molecule has 0 fully saturated rings. The van der Waals surface area contributed by atoms with Crippen LogP contribution in [0.5, 0.6) is 11.5 Å². The van der Waals surface area contributed by atoms with Crippen LogP contribution in [0.25, 0.3) is 0 Å². The molecule has 1 unspecified atom stereocenters. The maximum absolute atomic E-state index is 12.6. The van der Waals surface area contributed by atoms with Crippen molar-refractivity contribution in [1.82, 2.24) is 10.6 Å². The smallest absolute Gasteiger partial charge is 0.251 e. The van der Waals surface area contributed by atoms with E-state index in [-0.39, 0.29) is 17.9 Å². The fourth-order valence-electron chi connectivity index (χ4n) is 3.66. The highest BCUT2D eigenvalue weighted by molar-refractivity contribution is 5.94. The fraction of sp³-hybridized carbons (Fsp3) is 0.231. The van der Waals surface area contributed by atoms with Gasteiger partial charge in [-0.1, -0.05) is 42.5 Å². The van der Waals surface area contributed by atoms with Gasteiger partial charge in [0.15, 0.2) is 0 Å². The van der Waals surface area contributed by atoms with Crippen molar-refractivity contribution in [2.75, 3.05) is 13.7 Å². The first kappa shape index (κ1) is 21.4. The molecule has 1 aliphatic heterocycles. The van der Waals surface area contributed by atoms with Crippen molar-refractivity contribution >= 4 is 11.8 Å². The predicted molar refractivity (Wildman–Crippen MR) is 122 cm³/mol. The Morgan fingerprint density at radius 3 is 2.44 bits per heavy atom. The maximum atomic E-state index is 12.6. The van der Waals surface area contributed by atoms with E-state index >= 15 is 0 Å². The molecule has 1 atom stereocenters. The Labute approximate surface area is 187 Å². The minimum absolute atomic E-state index is 0.0606. The monoisotopic (exact) mass is 430 g/mol. The van der Waals surface area contributed by atoms with Crippen molar-refractivity contribution < 1.29 is 19.1 Å². The molecule has 1 heterocycles. The SMILES string of the molecule is COc1ccc(CC(=O)NCc2ccc(C(=O)NC3COc4ccccc4C3)cc2)cc1. The van der Waals surface area contributed by atoms with Crippen LogP contribution in [0.2, 0.25) is 0 Å². The number of para-hydroxylation sites is 1. The summed E-state index contributed by atoms with van der Waals surface area (Å²) < 4.78 is 10.9. The van der Waals surface area contributed by atoms with Crippen LogP contribution in [-0.4, -0.2) is 31.6 Å². The average Bonchev–Trinajstić information content (AvgIpc) is 2.83. The van der Waals surface area contributed by atoms with Gasteiger partial charge in [0.05, 0.1) is 19.6 Å². The number of rotatable bonds is 7. The van der Waals surface area contributed by atoms with Gasteiger partial charge in [0.25, 0.3) is 5.91 Å². The van der Waals surface area contributed by atoms with Gasteiger partial charge >= 0.3 is 0 Å². The van der Waals surface area contributed by atoms with Crippen molar-refractivity contribution in [2.45, 2.75) is 25.4 Å². The van der Waals surface area contributed by atoms with E-state index in [9.17, 15) is 9.59 Å². The number of hydrogen-bond donors (Lipinski definition) is 2. The molecule has 164 valence electrons. The minimum atomic E-state index is -0.131. The lowest BCUT2D eigenvalue weighted by Crippen LogP contribution is -2.42. The lowest BCUT2D eigenvalue weighted by Gasteiger charge is -2.26. The van der Waals surface area contributed by atoms with Crippen LogP contribution >= 0.6 is 0 Å². The van der Waals surface area contributed by atoms with E-state index in [0.717, 1.165) is 34.6 Å². The standard InChI is InChI=1S/C26H26N2O4/c1-31-23-12-8-18(9-13-23)14-25(29)27-16-19-6-10-20(11-7-19)26(30)28-22-15-21-4-2-3-5-24(21)32-17-22/h2-13,22H,14-17H2,1H3,(H,27,29)(H,28,30). The zero-order chi connectivity index (χ0) is 22.3. The lowest BCUT2D eigenvalue weighted by molar-refractivity contribution is -0.120. The van der Waals surface area contributed by atoms with Crippen LogP contribution in [0, 0.1) is 0 Å². The molecule has 0 saturated heterocycles. The Bertz CT molecular complexity index is 1080. The Morgan fingerprint density at radius 2 is 1.69 bits per heavy atom. The van der Waals surface area contributed by atoms with Gasteiger partial charge in [-0.25, -0.2) is 0 Å². The summed E-state index contributed by atoms with van der Waals surface area (Å²) >= 11 is 0. The third-order valence-electron chi connectivity index (χ3n) is 5.44. The summed E-state index contributed by atoms with van der Waals surface area (Å²) in [5, 5.41) is 5.95. The molecule has 0 saturated carbocycles. The number of fused-ring (bicyclic) bond motifs is 1. The summed E-state index contributed by atoms with van der Waals surface area (Å²) in [7, 11) is 1.61. The molecule has 3 aromatic rings. The summed E-state index contributed by atoms with van der Waals surface area (Å²) in [5.74, 6) is 1.46. The topological polar surface area (TPSA) is 76.7 Å². The van der Waals surface area contributed by atoms with Gasteiger partial charge in [0, 0.05) is 12.1 Å². The molecule has 3 aromatic carbocycles. The summed E-state index contributed by atoms with van der Waals surface area (Å²) in [6.45, 7) is 0.866. The molecular formula is C26H26N2O4. The van der Waals surface area contributed by atoms with Gasteiger partial charge in [-0.3, -0.25) is 9.59 Å². The maximum Gasteiger partial charge on any atom is 0.251 e. The van der Waals surface area contributed by atoms with Gasteiger partial charge < -0.3 is 20.1 Å². The van der Waals surface area contributed by atoms with Crippen LogP contribution in [0.3, 0.4) is 0 Å². The quantitative estimate of drug-likeness (QED) is 0.603. The number of carbonyl (C=O) groups is 2. The predicted octanol–water partition coefficient (Wildman–Crippen LogP) is 3.29. The Balaban J connectivity index is 1.25. The van der Waals surface area contributed by atoms with Crippen molar-refractivity contribution in [3.05, 3.63) is 95.1 Å². The number of benzene rings is 3. The van der Waals surface area contributed by atoms with Crippen LogP contribution in [0.1, 0.15) is 27.0 Å². The summed E-state index contributed by atoms with van der Waals surface area (Å²) in [5.41, 5.74) is 3.53. The van der Waals surface area contributed by atoms with Gasteiger partial charge in [0.1, 0.15) is 18.1 Å². The first-order valence-corrected chi connectivity index (χ1v) is 10.6.